The molecular formula is C22H20N4O4S. The van der Waals surface area contributed by atoms with Crippen molar-refractivity contribution in [2.45, 2.75) is 18.7 Å². The highest BCUT2D eigenvalue weighted by atomic mass is 32.2. The first-order valence-corrected chi connectivity index (χ1v) is 10.9. The molecule has 4 N–H and O–H groups in total. The summed E-state index contributed by atoms with van der Waals surface area (Å²) >= 11 is 0. The zero-order valence-corrected chi connectivity index (χ0v) is 17.6. The van der Waals surface area contributed by atoms with Crippen LogP contribution < -0.4 is 15.7 Å². The number of rotatable bonds is 5. The second kappa shape index (κ2) is 7.77. The summed E-state index contributed by atoms with van der Waals surface area (Å²) in [4.78, 5) is 29.5. The third kappa shape index (κ3) is 4.36. The van der Waals surface area contributed by atoms with Crippen molar-refractivity contribution in [2.75, 3.05) is 10.0 Å². The van der Waals surface area contributed by atoms with Crippen LogP contribution in [0.4, 0.5) is 11.4 Å². The van der Waals surface area contributed by atoms with Crippen LogP contribution in [0.25, 0.3) is 11.0 Å². The summed E-state index contributed by atoms with van der Waals surface area (Å²) in [5.74, 6) is -0.456. The summed E-state index contributed by atoms with van der Waals surface area (Å²) in [5.41, 5.74) is 3.61. The van der Waals surface area contributed by atoms with Crippen LogP contribution in [0.3, 0.4) is 0 Å². The average molecular weight is 436 g/mol. The van der Waals surface area contributed by atoms with Gasteiger partial charge in [-0.2, -0.15) is 0 Å². The van der Waals surface area contributed by atoms with Gasteiger partial charge in [0.15, 0.2) is 0 Å². The molecule has 0 atom stereocenters. The van der Waals surface area contributed by atoms with E-state index in [1.165, 1.54) is 12.1 Å². The maximum Gasteiger partial charge on any atom is 0.323 e. The van der Waals surface area contributed by atoms with Gasteiger partial charge in [-0.05, 0) is 61.9 Å². The van der Waals surface area contributed by atoms with Gasteiger partial charge in [-0.3, -0.25) is 9.52 Å². The lowest BCUT2D eigenvalue weighted by molar-refractivity contribution is 0.102. The van der Waals surface area contributed by atoms with Crippen molar-refractivity contribution in [3.63, 3.8) is 0 Å². The summed E-state index contributed by atoms with van der Waals surface area (Å²) in [6.07, 6.45) is 0. The highest BCUT2D eigenvalue weighted by Gasteiger charge is 2.18. The Morgan fingerprint density at radius 3 is 2.26 bits per heavy atom. The Morgan fingerprint density at radius 2 is 1.52 bits per heavy atom. The standard InChI is InChI=1S/C22H20N4O4S/c1-13-3-6-15(7-4-13)26-31(29,30)17-9-5-14(2)18(12-17)21(27)23-16-8-10-19-20(11-16)25-22(28)24-19/h3-12,26H,1-2H3,(H,23,27)(H2,24,25,28). The molecule has 0 aliphatic heterocycles. The summed E-state index contributed by atoms with van der Waals surface area (Å²) in [6, 6.07) is 16.3. The molecule has 9 heteroatoms. The number of aromatic nitrogens is 2. The number of hydrogen-bond acceptors (Lipinski definition) is 4. The topological polar surface area (TPSA) is 124 Å². The van der Waals surface area contributed by atoms with Gasteiger partial charge in [-0.25, -0.2) is 13.2 Å². The van der Waals surface area contributed by atoms with Crippen molar-refractivity contribution in [1.82, 2.24) is 9.97 Å². The van der Waals surface area contributed by atoms with Gasteiger partial charge in [0.1, 0.15) is 0 Å². The van der Waals surface area contributed by atoms with Crippen molar-refractivity contribution in [2.24, 2.45) is 0 Å². The Kier molecular flexibility index (Phi) is 5.12. The molecule has 0 aliphatic carbocycles. The molecule has 0 spiro atoms. The molecule has 1 aromatic heterocycles. The van der Waals surface area contributed by atoms with Crippen LogP contribution in [-0.4, -0.2) is 24.3 Å². The highest BCUT2D eigenvalue weighted by molar-refractivity contribution is 7.92. The van der Waals surface area contributed by atoms with Gasteiger partial charge in [0.05, 0.1) is 15.9 Å². The molecule has 1 amide bonds. The van der Waals surface area contributed by atoms with E-state index in [1.54, 1.807) is 55.5 Å². The zero-order valence-electron chi connectivity index (χ0n) is 16.8. The molecule has 1 heterocycles. The number of H-pyrrole nitrogens is 2. The van der Waals surface area contributed by atoms with E-state index in [0.717, 1.165) is 5.56 Å². The van der Waals surface area contributed by atoms with Gasteiger partial charge in [0.2, 0.25) is 0 Å². The number of imidazole rings is 1. The number of aryl methyl sites for hydroxylation is 2. The van der Waals surface area contributed by atoms with E-state index in [1.807, 2.05) is 6.92 Å². The molecule has 0 saturated carbocycles. The first-order chi connectivity index (χ1) is 14.7. The third-order valence-corrected chi connectivity index (χ3v) is 6.22. The number of hydrogen-bond donors (Lipinski definition) is 4. The first kappa shape index (κ1) is 20.4. The molecule has 158 valence electrons. The van der Waals surface area contributed by atoms with E-state index in [9.17, 15) is 18.0 Å². The number of anilines is 2. The van der Waals surface area contributed by atoms with Gasteiger partial charge in [-0.1, -0.05) is 23.8 Å². The number of nitrogens with one attached hydrogen (secondary N) is 4. The summed E-state index contributed by atoms with van der Waals surface area (Å²) in [7, 11) is -3.87. The number of amides is 1. The predicted molar refractivity (Wildman–Crippen MR) is 120 cm³/mol. The molecule has 0 radical (unpaired) electrons. The summed E-state index contributed by atoms with van der Waals surface area (Å²) < 4.78 is 28.1. The Morgan fingerprint density at radius 1 is 0.839 bits per heavy atom. The van der Waals surface area contributed by atoms with E-state index < -0.39 is 15.9 Å². The average Bonchev–Trinajstić information content (AvgIpc) is 3.09. The van der Waals surface area contributed by atoms with Gasteiger partial charge < -0.3 is 15.3 Å². The molecule has 31 heavy (non-hydrogen) atoms. The fourth-order valence-corrected chi connectivity index (χ4v) is 4.24. The van der Waals surface area contributed by atoms with E-state index in [2.05, 4.69) is 20.0 Å². The highest BCUT2D eigenvalue weighted by Crippen LogP contribution is 2.21. The van der Waals surface area contributed by atoms with Gasteiger partial charge in [0.25, 0.3) is 15.9 Å². The molecule has 3 aromatic carbocycles. The Balaban J connectivity index is 1.60. The summed E-state index contributed by atoms with van der Waals surface area (Å²) in [6.45, 7) is 3.64. The summed E-state index contributed by atoms with van der Waals surface area (Å²) in [5, 5.41) is 2.74. The number of carbonyl (C=O) groups excluding carboxylic acids is 1. The minimum absolute atomic E-state index is 0.0192. The molecule has 8 nitrogen and oxygen atoms in total. The van der Waals surface area contributed by atoms with E-state index in [0.29, 0.717) is 28.0 Å². The minimum Gasteiger partial charge on any atom is -0.322 e. The number of benzene rings is 3. The lowest BCUT2D eigenvalue weighted by atomic mass is 10.1. The van der Waals surface area contributed by atoms with Crippen molar-refractivity contribution >= 4 is 38.3 Å². The normalized spacial score (nSPS) is 11.4. The molecule has 0 fully saturated rings. The van der Waals surface area contributed by atoms with E-state index in [4.69, 9.17) is 0 Å². The van der Waals surface area contributed by atoms with Crippen molar-refractivity contribution in [1.29, 1.82) is 0 Å². The zero-order chi connectivity index (χ0) is 22.2. The van der Waals surface area contributed by atoms with Crippen LogP contribution in [0, 0.1) is 13.8 Å². The molecule has 0 unspecified atom stereocenters. The van der Waals surface area contributed by atoms with Crippen LogP contribution in [0.2, 0.25) is 0 Å². The van der Waals surface area contributed by atoms with Gasteiger partial charge >= 0.3 is 5.69 Å². The van der Waals surface area contributed by atoms with E-state index in [-0.39, 0.29) is 16.1 Å². The lowest BCUT2D eigenvalue weighted by Gasteiger charge is -2.12. The fraction of sp³-hybridized carbons (Fsp3) is 0.0909. The molecule has 0 aliphatic rings. The lowest BCUT2D eigenvalue weighted by Crippen LogP contribution is -2.17. The number of sulfonamides is 1. The maximum absolute atomic E-state index is 12.8. The fourth-order valence-electron chi connectivity index (χ4n) is 3.16. The first-order valence-electron chi connectivity index (χ1n) is 9.45. The molecule has 4 rings (SSSR count). The predicted octanol–water partition coefficient (Wildman–Crippen LogP) is 3.53. The molecule has 4 aromatic rings. The van der Waals surface area contributed by atoms with Crippen LogP contribution in [0.15, 0.2) is 70.4 Å². The van der Waals surface area contributed by atoms with Crippen molar-refractivity contribution in [3.8, 4) is 0 Å². The smallest absolute Gasteiger partial charge is 0.322 e. The van der Waals surface area contributed by atoms with E-state index >= 15 is 0 Å². The Bertz CT molecular complexity index is 1450. The van der Waals surface area contributed by atoms with Crippen LogP contribution >= 0.6 is 0 Å². The maximum atomic E-state index is 12.8. The molecular weight excluding hydrogens is 416 g/mol. The van der Waals surface area contributed by atoms with Crippen LogP contribution in [0.5, 0.6) is 0 Å². The number of fused-ring (bicyclic) bond motifs is 1. The second-order valence-electron chi connectivity index (χ2n) is 7.24. The quantitative estimate of drug-likeness (QED) is 0.382. The van der Waals surface area contributed by atoms with Crippen molar-refractivity contribution in [3.05, 3.63) is 87.8 Å². The second-order valence-corrected chi connectivity index (χ2v) is 8.92. The van der Waals surface area contributed by atoms with Crippen LogP contribution in [-0.2, 0) is 10.0 Å². The van der Waals surface area contributed by atoms with Crippen molar-refractivity contribution < 1.29 is 13.2 Å². The largest absolute Gasteiger partial charge is 0.323 e. The number of carbonyl (C=O) groups is 1. The SMILES string of the molecule is Cc1ccc(NS(=O)(=O)c2ccc(C)c(C(=O)Nc3ccc4[nH]c(=O)[nH]c4c3)c2)cc1. The Hall–Kier alpha value is -3.85. The van der Waals surface area contributed by atoms with Gasteiger partial charge in [0, 0.05) is 16.9 Å². The molecule has 0 saturated heterocycles. The Labute approximate surface area is 178 Å². The molecule has 0 bridgehead atoms. The monoisotopic (exact) mass is 436 g/mol. The van der Waals surface area contributed by atoms with Gasteiger partial charge in [-0.15, -0.1) is 0 Å². The van der Waals surface area contributed by atoms with Crippen LogP contribution in [0.1, 0.15) is 21.5 Å². The third-order valence-electron chi connectivity index (χ3n) is 4.84. The number of aromatic amines is 2. The minimum atomic E-state index is -3.87.